The van der Waals surface area contributed by atoms with Gasteiger partial charge in [-0.1, -0.05) is 60.7 Å². The van der Waals surface area contributed by atoms with Crippen LogP contribution in [0.5, 0.6) is 0 Å². The second-order valence-corrected chi connectivity index (χ2v) is 5.46. The summed E-state index contributed by atoms with van der Waals surface area (Å²) < 4.78 is 0. The van der Waals surface area contributed by atoms with Gasteiger partial charge in [-0.15, -0.1) is 0 Å². The van der Waals surface area contributed by atoms with Gasteiger partial charge in [-0.2, -0.15) is 0 Å². The van der Waals surface area contributed by atoms with Crippen molar-refractivity contribution < 1.29 is 0 Å². The summed E-state index contributed by atoms with van der Waals surface area (Å²) in [5, 5.41) is 0. The molecule has 1 aliphatic rings. The largest absolute Gasteiger partial charge is 0.291 e. The molecule has 1 aliphatic heterocycles. The first kappa shape index (κ1) is 12.4. The van der Waals surface area contributed by atoms with Crippen molar-refractivity contribution in [3.8, 4) is 0 Å². The molecule has 0 radical (unpaired) electrons. The van der Waals surface area contributed by atoms with E-state index < -0.39 is 0 Å². The van der Waals surface area contributed by atoms with Gasteiger partial charge in [-0.3, -0.25) is 4.90 Å². The normalized spacial score (nSPS) is 23.0. The topological polar surface area (TPSA) is 3.01 Å². The maximum absolute atomic E-state index is 2.60. The minimum atomic E-state index is 0.557. The Balaban J connectivity index is 1.51. The highest BCUT2D eigenvalue weighted by Gasteiger charge is 2.37. The average molecular weight is 251 g/mol. The van der Waals surface area contributed by atoms with E-state index in [2.05, 4.69) is 72.5 Å². The number of rotatable bonds is 5. The van der Waals surface area contributed by atoms with Gasteiger partial charge in [0.2, 0.25) is 0 Å². The summed E-state index contributed by atoms with van der Waals surface area (Å²) >= 11 is 0. The van der Waals surface area contributed by atoms with Gasteiger partial charge < -0.3 is 0 Å². The predicted octanol–water partition coefficient (Wildman–Crippen LogP) is 4.06. The van der Waals surface area contributed by atoms with Crippen molar-refractivity contribution in [2.45, 2.75) is 31.8 Å². The molecule has 98 valence electrons. The quantitative estimate of drug-likeness (QED) is 0.724. The van der Waals surface area contributed by atoms with Gasteiger partial charge in [0, 0.05) is 18.6 Å². The number of hydrogen-bond donors (Lipinski definition) is 0. The molecule has 3 atom stereocenters. The molecule has 0 N–H and O–H groups in total. The molecule has 0 amide bonds. The van der Waals surface area contributed by atoms with Crippen molar-refractivity contribution in [2.75, 3.05) is 6.54 Å². The molecule has 0 aromatic heterocycles. The zero-order chi connectivity index (χ0) is 13.1. The molecule has 0 saturated carbocycles. The standard InChI is InChI=1S/C18H21N/c1-15(17-10-6-3-7-11-17)19-14-18(19)13-12-16-8-4-2-5-9-16/h2-11,15,18H,12-14H2,1H3/t15-,18?,19?/m0/s1. The highest BCUT2D eigenvalue weighted by Crippen LogP contribution is 2.33. The van der Waals surface area contributed by atoms with E-state index in [0.717, 1.165) is 6.04 Å². The Hall–Kier alpha value is -1.60. The zero-order valence-electron chi connectivity index (χ0n) is 11.5. The van der Waals surface area contributed by atoms with Crippen LogP contribution < -0.4 is 0 Å². The Kier molecular flexibility index (Phi) is 3.65. The Morgan fingerprint density at radius 1 is 1.00 bits per heavy atom. The molecule has 1 nitrogen and oxygen atoms in total. The molecule has 1 saturated heterocycles. The molecular weight excluding hydrogens is 230 g/mol. The molecule has 0 bridgehead atoms. The van der Waals surface area contributed by atoms with Crippen molar-refractivity contribution in [3.05, 3.63) is 71.8 Å². The summed E-state index contributed by atoms with van der Waals surface area (Å²) in [5.41, 5.74) is 2.89. The third-order valence-corrected chi connectivity index (χ3v) is 4.15. The van der Waals surface area contributed by atoms with Crippen molar-refractivity contribution in [1.29, 1.82) is 0 Å². The monoisotopic (exact) mass is 251 g/mol. The van der Waals surface area contributed by atoms with E-state index >= 15 is 0 Å². The first-order valence-electron chi connectivity index (χ1n) is 7.19. The number of hydrogen-bond acceptors (Lipinski definition) is 1. The Bertz CT molecular complexity index is 506. The van der Waals surface area contributed by atoms with E-state index in [1.807, 2.05) is 0 Å². The lowest BCUT2D eigenvalue weighted by Gasteiger charge is -2.14. The Morgan fingerprint density at radius 3 is 2.32 bits per heavy atom. The van der Waals surface area contributed by atoms with Gasteiger partial charge in [0.15, 0.2) is 0 Å². The van der Waals surface area contributed by atoms with Crippen LogP contribution in [0, 0.1) is 0 Å². The van der Waals surface area contributed by atoms with Gasteiger partial charge in [-0.05, 0) is 30.9 Å². The fourth-order valence-corrected chi connectivity index (χ4v) is 2.83. The molecule has 3 rings (SSSR count). The predicted molar refractivity (Wildman–Crippen MR) is 80.1 cm³/mol. The van der Waals surface area contributed by atoms with Crippen molar-refractivity contribution in [3.63, 3.8) is 0 Å². The van der Waals surface area contributed by atoms with Gasteiger partial charge in [-0.25, -0.2) is 0 Å². The maximum atomic E-state index is 2.60. The highest BCUT2D eigenvalue weighted by atomic mass is 15.3. The first-order chi connectivity index (χ1) is 9.34. The molecule has 2 aromatic carbocycles. The van der Waals surface area contributed by atoms with Crippen LogP contribution in [0.25, 0.3) is 0 Å². The zero-order valence-corrected chi connectivity index (χ0v) is 11.5. The average Bonchev–Trinajstić information content (AvgIpc) is 3.26. The molecule has 2 aromatic rings. The molecule has 1 heteroatoms. The molecule has 1 fully saturated rings. The van der Waals surface area contributed by atoms with E-state index in [4.69, 9.17) is 0 Å². The van der Waals surface area contributed by atoms with Crippen LogP contribution >= 0.6 is 0 Å². The second kappa shape index (κ2) is 5.58. The summed E-state index contributed by atoms with van der Waals surface area (Å²) in [5.74, 6) is 0. The first-order valence-corrected chi connectivity index (χ1v) is 7.19. The maximum Gasteiger partial charge on any atom is 0.0324 e. The summed E-state index contributed by atoms with van der Waals surface area (Å²) in [6.07, 6.45) is 2.48. The molecule has 19 heavy (non-hydrogen) atoms. The molecule has 0 aliphatic carbocycles. The third-order valence-electron chi connectivity index (χ3n) is 4.15. The van der Waals surface area contributed by atoms with Crippen LogP contribution in [-0.4, -0.2) is 17.5 Å². The smallest absolute Gasteiger partial charge is 0.0324 e. The Labute approximate surface area is 115 Å². The van der Waals surface area contributed by atoms with Gasteiger partial charge in [0.25, 0.3) is 0 Å². The van der Waals surface area contributed by atoms with Crippen LogP contribution in [0.4, 0.5) is 0 Å². The van der Waals surface area contributed by atoms with Gasteiger partial charge in [0.1, 0.15) is 0 Å². The van der Waals surface area contributed by atoms with Crippen LogP contribution in [0.2, 0.25) is 0 Å². The minimum absolute atomic E-state index is 0.557. The van der Waals surface area contributed by atoms with Gasteiger partial charge in [0.05, 0.1) is 0 Å². The minimum Gasteiger partial charge on any atom is -0.291 e. The van der Waals surface area contributed by atoms with Crippen molar-refractivity contribution in [2.24, 2.45) is 0 Å². The van der Waals surface area contributed by atoms with E-state index in [1.165, 1.54) is 30.5 Å². The number of benzene rings is 2. The lowest BCUT2D eigenvalue weighted by atomic mass is 10.1. The lowest BCUT2D eigenvalue weighted by Crippen LogP contribution is -2.09. The molecule has 2 unspecified atom stereocenters. The number of nitrogens with zero attached hydrogens (tertiary/aromatic N) is 1. The Morgan fingerprint density at radius 2 is 1.63 bits per heavy atom. The van der Waals surface area contributed by atoms with Crippen molar-refractivity contribution >= 4 is 0 Å². The fraction of sp³-hybridized carbons (Fsp3) is 0.333. The van der Waals surface area contributed by atoms with Crippen LogP contribution in [0.3, 0.4) is 0 Å². The third kappa shape index (κ3) is 3.05. The lowest BCUT2D eigenvalue weighted by molar-refractivity contribution is 0.398. The summed E-state index contributed by atoms with van der Waals surface area (Å²) in [6, 6.07) is 23.0. The summed E-state index contributed by atoms with van der Waals surface area (Å²) in [7, 11) is 0. The van der Waals surface area contributed by atoms with E-state index in [0.29, 0.717) is 6.04 Å². The molecular formula is C18H21N. The SMILES string of the molecule is C[C@@H](c1ccccc1)N1CC1CCc1ccccc1. The number of aryl methyl sites for hydroxylation is 1. The van der Waals surface area contributed by atoms with E-state index in [1.54, 1.807) is 0 Å². The van der Waals surface area contributed by atoms with Crippen LogP contribution in [0.1, 0.15) is 30.5 Å². The summed E-state index contributed by atoms with van der Waals surface area (Å²) in [6.45, 7) is 3.57. The second-order valence-electron chi connectivity index (χ2n) is 5.46. The molecule has 0 spiro atoms. The van der Waals surface area contributed by atoms with E-state index in [-0.39, 0.29) is 0 Å². The molecule has 1 heterocycles. The highest BCUT2D eigenvalue weighted by molar-refractivity contribution is 5.21. The summed E-state index contributed by atoms with van der Waals surface area (Å²) in [4.78, 5) is 2.60. The van der Waals surface area contributed by atoms with Gasteiger partial charge >= 0.3 is 0 Å². The van der Waals surface area contributed by atoms with Crippen LogP contribution in [-0.2, 0) is 6.42 Å². The van der Waals surface area contributed by atoms with Crippen LogP contribution in [0.15, 0.2) is 60.7 Å². The van der Waals surface area contributed by atoms with E-state index in [9.17, 15) is 0 Å². The fourth-order valence-electron chi connectivity index (χ4n) is 2.83. The van der Waals surface area contributed by atoms with Crippen molar-refractivity contribution in [1.82, 2.24) is 4.90 Å².